The van der Waals surface area contributed by atoms with E-state index in [2.05, 4.69) is 0 Å². The molecule has 1 saturated heterocycles. The minimum Gasteiger partial charge on any atom is -0.461 e. The molecule has 1 aliphatic heterocycles. The number of alkyl halides is 1. The average Bonchev–Trinajstić information content (AvgIpc) is 2.08. The van der Waals surface area contributed by atoms with Crippen LogP contribution in [0.25, 0.3) is 0 Å². The molecule has 0 saturated carbocycles. The van der Waals surface area contributed by atoms with Gasteiger partial charge in [-0.1, -0.05) is 0 Å². The topological polar surface area (TPSA) is 26.3 Å². The molecule has 0 spiro atoms. The summed E-state index contributed by atoms with van der Waals surface area (Å²) in [6.45, 7) is 3.75. The van der Waals surface area contributed by atoms with E-state index in [0.717, 1.165) is 6.42 Å². The molecule has 0 amide bonds. The fraction of sp³-hybridized carbons (Fsp3) is 0.857. The van der Waals surface area contributed by atoms with Gasteiger partial charge in [0.1, 0.15) is 6.10 Å². The van der Waals surface area contributed by atoms with Crippen molar-refractivity contribution in [2.24, 2.45) is 5.41 Å². The van der Waals surface area contributed by atoms with E-state index < -0.39 is 0 Å². The maximum atomic E-state index is 11.0. The second-order valence-corrected chi connectivity index (χ2v) is 3.58. The normalized spacial score (nSPS) is 30.3. The van der Waals surface area contributed by atoms with Crippen molar-refractivity contribution in [3.8, 4) is 0 Å². The van der Waals surface area contributed by atoms with Gasteiger partial charge in [0.25, 0.3) is 0 Å². The highest BCUT2D eigenvalue weighted by atomic mass is 35.5. The SMILES string of the molecule is CC1(C)C[C@@H](CCl)OC1=O. The van der Waals surface area contributed by atoms with Crippen LogP contribution < -0.4 is 0 Å². The molecule has 0 radical (unpaired) electrons. The number of rotatable bonds is 1. The summed E-state index contributed by atoms with van der Waals surface area (Å²) in [6, 6.07) is 0. The van der Waals surface area contributed by atoms with E-state index in [1.54, 1.807) is 0 Å². The first-order chi connectivity index (χ1) is 4.56. The van der Waals surface area contributed by atoms with E-state index >= 15 is 0 Å². The molecule has 0 aromatic carbocycles. The molecule has 0 aromatic heterocycles. The Bertz CT molecular complexity index is 154. The second-order valence-electron chi connectivity index (χ2n) is 3.27. The number of carbonyl (C=O) groups is 1. The third-order valence-corrected chi connectivity index (χ3v) is 2.08. The van der Waals surface area contributed by atoms with E-state index in [-0.39, 0.29) is 17.5 Å². The number of hydrogen-bond acceptors (Lipinski definition) is 2. The molecule has 0 bridgehead atoms. The van der Waals surface area contributed by atoms with Gasteiger partial charge in [-0.3, -0.25) is 4.79 Å². The predicted molar refractivity (Wildman–Crippen MR) is 39.0 cm³/mol. The molecule has 0 unspecified atom stereocenters. The Labute approximate surface area is 65.5 Å². The lowest BCUT2D eigenvalue weighted by molar-refractivity contribution is -0.146. The lowest BCUT2D eigenvalue weighted by Crippen LogP contribution is -2.16. The van der Waals surface area contributed by atoms with Crippen LogP contribution in [0.4, 0.5) is 0 Å². The first-order valence-corrected chi connectivity index (χ1v) is 3.87. The summed E-state index contributed by atoms with van der Waals surface area (Å²) < 4.78 is 4.95. The van der Waals surface area contributed by atoms with E-state index in [4.69, 9.17) is 16.3 Å². The summed E-state index contributed by atoms with van der Waals surface area (Å²) in [5.41, 5.74) is -0.320. The van der Waals surface area contributed by atoms with Crippen molar-refractivity contribution in [1.82, 2.24) is 0 Å². The highest BCUT2D eigenvalue weighted by molar-refractivity contribution is 6.18. The molecule has 58 valence electrons. The van der Waals surface area contributed by atoms with Gasteiger partial charge in [0, 0.05) is 6.42 Å². The molecule has 10 heavy (non-hydrogen) atoms. The molecular formula is C7H11ClO2. The van der Waals surface area contributed by atoms with E-state index in [1.165, 1.54) is 0 Å². The standard InChI is InChI=1S/C7H11ClO2/c1-7(2)3-5(4-8)10-6(7)9/h5H,3-4H2,1-2H3/t5-/m0/s1. The second kappa shape index (κ2) is 2.42. The maximum Gasteiger partial charge on any atom is 0.311 e. The summed E-state index contributed by atoms with van der Waals surface area (Å²) in [7, 11) is 0. The van der Waals surface area contributed by atoms with Crippen LogP contribution in [-0.2, 0) is 9.53 Å². The Hall–Kier alpha value is -0.240. The van der Waals surface area contributed by atoms with Gasteiger partial charge in [-0.25, -0.2) is 0 Å². The summed E-state index contributed by atoms with van der Waals surface area (Å²) in [5.74, 6) is 0.285. The summed E-state index contributed by atoms with van der Waals surface area (Å²) >= 11 is 5.52. The first kappa shape index (κ1) is 7.86. The van der Waals surface area contributed by atoms with Gasteiger partial charge in [-0.2, -0.15) is 0 Å². The number of cyclic esters (lactones) is 1. The zero-order valence-corrected chi connectivity index (χ0v) is 6.94. The molecule has 1 heterocycles. The molecule has 0 aliphatic carbocycles. The van der Waals surface area contributed by atoms with Gasteiger partial charge in [-0.05, 0) is 13.8 Å². The lowest BCUT2D eigenvalue weighted by Gasteiger charge is -2.08. The van der Waals surface area contributed by atoms with Crippen molar-refractivity contribution in [1.29, 1.82) is 0 Å². The molecule has 1 aliphatic rings. The highest BCUT2D eigenvalue weighted by Gasteiger charge is 2.40. The average molecular weight is 163 g/mol. The van der Waals surface area contributed by atoms with Crippen molar-refractivity contribution in [3.63, 3.8) is 0 Å². The van der Waals surface area contributed by atoms with Crippen LogP contribution in [0.3, 0.4) is 0 Å². The molecule has 1 fully saturated rings. The summed E-state index contributed by atoms with van der Waals surface area (Å²) in [5, 5.41) is 0. The monoisotopic (exact) mass is 162 g/mol. The maximum absolute atomic E-state index is 11.0. The molecule has 3 heteroatoms. The van der Waals surface area contributed by atoms with E-state index in [0.29, 0.717) is 5.88 Å². The first-order valence-electron chi connectivity index (χ1n) is 3.33. The van der Waals surface area contributed by atoms with Crippen molar-refractivity contribution in [2.75, 3.05) is 5.88 Å². The van der Waals surface area contributed by atoms with Crippen LogP contribution in [0.5, 0.6) is 0 Å². The molecular weight excluding hydrogens is 152 g/mol. The molecule has 0 aromatic rings. The Morgan fingerprint density at radius 1 is 1.80 bits per heavy atom. The van der Waals surface area contributed by atoms with E-state index in [9.17, 15) is 4.79 Å². The zero-order chi connectivity index (χ0) is 7.78. The number of hydrogen-bond donors (Lipinski definition) is 0. The summed E-state index contributed by atoms with van der Waals surface area (Å²) in [4.78, 5) is 11.0. The lowest BCUT2D eigenvalue weighted by atomic mass is 9.90. The van der Waals surface area contributed by atoms with Crippen LogP contribution in [0.15, 0.2) is 0 Å². The van der Waals surface area contributed by atoms with Gasteiger partial charge in [-0.15, -0.1) is 11.6 Å². The van der Waals surface area contributed by atoms with Crippen molar-refractivity contribution < 1.29 is 9.53 Å². The van der Waals surface area contributed by atoms with Crippen molar-refractivity contribution in [2.45, 2.75) is 26.4 Å². The predicted octanol–water partition coefficient (Wildman–Crippen LogP) is 1.57. The van der Waals surface area contributed by atoms with Crippen LogP contribution in [0, 0.1) is 5.41 Å². The largest absolute Gasteiger partial charge is 0.461 e. The van der Waals surface area contributed by atoms with E-state index in [1.807, 2.05) is 13.8 Å². The zero-order valence-electron chi connectivity index (χ0n) is 6.19. The van der Waals surface area contributed by atoms with Crippen LogP contribution in [0.2, 0.25) is 0 Å². The third kappa shape index (κ3) is 1.26. The van der Waals surface area contributed by atoms with Crippen LogP contribution in [0.1, 0.15) is 20.3 Å². The minimum absolute atomic E-state index is 0.0656. The molecule has 1 atom stereocenters. The third-order valence-electron chi connectivity index (χ3n) is 1.74. The smallest absolute Gasteiger partial charge is 0.311 e. The van der Waals surface area contributed by atoms with Crippen molar-refractivity contribution >= 4 is 17.6 Å². The van der Waals surface area contributed by atoms with Gasteiger partial charge < -0.3 is 4.74 Å². The van der Waals surface area contributed by atoms with Gasteiger partial charge >= 0.3 is 5.97 Å². The fourth-order valence-electron chi connectivity index (χ4n) is 1.09. The Morgan fingerprint density at radius 2 is 2.40 bits per heavy atom. The molecule has 1 rings (SSSR count). The van der Waals surface area contributed by atoms with Crippen molar-refractivity contribution in [3.05, 3.63) is 0 Å². The minimum atomic E-state index is -0.320. The summed E-state index contributed by atoms with van der Waals surface area (Å²) in [6.07, 6.45) is 0.680. The molecule has 2 nitrogen and oxygen atoms in total. The Kier molecular flexibility index (Phi) is 1.90. The van der Waals surface area contributed by atoms with Gasteiger partial charge in [0.2, 0.25) is 0 Å². The number of halogens is 1. The number of ether oxygens (including phenoxy) is 1. The number of carbonyl (C=O) groups excluding carboxylic acids is 1. The van der Waals surface area contributed by atoms with Gasteiger partial charge in [0.05, 0.1) is 11.3 Å². The highest BCUT2D eigenvalue weighted by Crippen LogP contribution is 2.32. The quantitative estimate of drug-likeness (QED) is 0.432. The van der Waals surface area contributed by atoms with Gasteiger partial charge in [0.15, 0.2) is 0 Å². The fourth-order valence-corrected chi connectivity index (χ4v) is 1.26. The molecule has 0 N–H and O–H groups in total. The Morgan fingerprint density at radius 3 is 2.60 bits per heavy atom. The Balaban J connectivity index is 2.62. The van der Waals surface area contributed by atoms with Crippen LogP contribution >= 0.6 is 11.6 Å². The number of esters is 1. The van der Waals surface area contributed by atoms with Crippen LogP contribution in [-0.4, -0.2) is 18.0 Å².